The predicted molar refractivity (Wildman–Crippen MR) is 120 cm³/mol. The van der Waals surface area contributed by atoms with E-state index in [-0.39, 0.29) is 23.4 Å². The second kappa shape index (κ2) is 11.8. The topological polar surface area (TPSA) is 51.2 Å². The maximum Gasteiger partial charge on any atom is 0.264 e. The molecule has 1 heterocycles. The van der Waals surface area contributed by atoms with Crippen molar-refractivity contribution >= 4 is 5.91 Å². The normalized spacial score (nSPS) is 21.0. The summed E-state index contributed by atoms with van der Waals surface area (Å²) in [6, 6.07) is 3.40. The first-order chi connectivity index (χ1) is 14.8. The van der Waals surface area contributed by atoms with Gasteiger partial charge in [-0.1, -0.05) is 25.7 Å². The summed E-state index contributed by atoms with van der Waals surface area (Å²) in [5.74, 6) is 0.723. The Labute approximate surface area is 184 Å². The maximum atomic E-state index is 13.7. The first-order valence-electron chi connectivity index (χ1n) is 10.9. The Morgan fingerprint density at radius 2 is 2.00 bits per heavy atom. The Balaban J connectivity index is 2.07. The zero-order valence-electron chi connectivity index (χ0n) is 19.0. The van der Waals surface area contributed by atoms with Gasteiger partial charge >= 0.3 is 0 Å². The summed E-state index contributed by atoms with van der Waals surface area (Å²) in [5, 5.41) is 3.14. The number of allylic oxidation sites excluding steroid dienone is 5. The van der Waals surface area contributed by atoms with E-state index in [9.17, 15) is 13.6 Å². The van der Waals surface area contributed by atoms with Gasteiger partial charge in [0, 0.05) is 23.9 Å². The molecule has 0 bridgehead atoms. The molecule has 1 aliphatic rings. The molecule has 6 heteroatoms. The first-order valence-corrected chi connectivity index (χ1v) is 10.9. The van der Waals surface area contributed by atoms with Crippen molar-refractivity contribution in [3.8, 4) is 5.88 Å². The molecule has 1 fully saturated rings. The molecule has 0 spiro atoms. The van der Waals surface area contributed by atoms with Crippen LogP contribution in [0.3, 0.4) is 0 Å². The largest absolute Gasteiger partial charge is 0.481 e. The molecule has 1 aromatic heterocycles. The lowest BCUT2D eigenvalue weighted by molar-refractivity contribution is 0.0906. The minimum absolute atomic E-state index is 0.0420. The number of carbonyl (C=O) groups excluding carboxylic acids is 1. The van der Waals surface area contributed by atoms with E-state index in [0.717, 1.165) is 32.1 Å². The number of nitrogens with one attached hydrogen (secondary N) is 1. The third kappa shape index (κ3) is 6.49. The van der Waals surface area contributed by atoms with Crippen LogP contribution in [0.4, 0.5) is 8.78 Å². The maximum absolute atomic E-state index is 13.7. The van der Waals surface area contributed by atoms with E-state index in [4.69, 9.17) is 4.74 Å². The molecule has 170 valence electrons. The number of hydrogen-bond acceptors (Lipinski definition) is 3. The molecule has 0 saturated heterocycles. The van der Waals surface area contributed by atoms with E-state index in [1.54, 1.807) is 19.1 Å². The molecule has 2 rings (SSSR count). The van der Waals surface area contributed by atoms with E-state index in [1.165, 1.54) is 13.3 Å². The summed E-state index contributed by atoms with van der Waals surface area (Å²) in [6.45, 7) is 9.33. The van der Waals surface area contributed by atoms with Crippen LogP contribution in [0.25, 0.3) is 0 Å². The Morgan fingerprint density at radius 3 is 2.45 bits per heavy atom. The zero-order chi connectivity index (χ0) is 23.0. The van der Waals surface area contributed by atoms with E-state index in [1.807, 2.05) is 19.1 Å². The Bertz CT molecular complexity index is 807. The highest BCUT2D eigenvalue weighted by molar-refractivity contribution is 5.94. The fraction of sp³-hybridized carbons (Fsp3) is 0.520. The smallest absolute Gasteiger partial charge is 0.264 e. The van der Waals surface area contributed by atoms with Crippen LogP contribution in [0.15, 0.2) is 53.8 Å². The average Bonchev–Trinajstić information content (AvgIpc) is 2.76. The molecule has 0 aliphatic heterocycles. The molecule has 4 nitrogen and oxygen atoms in total. The van der Waals surface area contributed by atoms with Crippen molar-refractivity contribution in [1.82, 2.24) is 10.3 Å². The number of alkyl halides is 2. The van der Waals surface area contributed by atoms with Crippen molar-refractivity contribution in [2.75, 3.05) is 7.11 Å². The monoisotopic (exact) mass is 432 g/mol. The lowest BCUT2D eigenvalue weighted by Crippen LogP contribution is -2.41. The molecule has 1 N–H and O–H groups in total. The van der Waals surface area contributed by atoms with Crippen molar-refractivity contribution in [3.05, 3.63) is 59.3 Å². The Hall–Kier alpha value is -2.50. The minimum Gasteiger partial charge on any atom is -0.481 e. The SMILES string of the molecule is C=C(C)/C(=C(\C=C/C)C1CCC([C@@H](CC)NC(=O)c2ccc(OC)nc2)CC1)C(F)F. The minimum atomic E-state index is -2.53. The van der Waals surface area contributed by atoms with Gasteiger partial charge in [-0.15, -0.1) is 0 Å². The fourth-order valence-electron chi connectivity index (χ4n) is 4.46. The summed E-state index contributed by atoms with van der Waals surface area (Å²) in [7, 11) is 1.53. The number of pyridine rings is 1. The number of carbonyl (C=O) groups is 1. The van der Waals surface area contributed by atoms with E-state index in [0.29, 0.717) is 28.5 Å². The standard InChI is InChI=1S/C25H34F2N2O2/c1-6-8-20(23(16(3)4)24(26)27)17-9-11-18(12-10-17)21(7-2)29-25(30)19-13-14-22(31-5)28-15-19/h6,8,13-15,17-18,21,24H,3,7,9-12H2,1-2,4-5H3,(H,29,30)/b8-6-,23-20-/t17?,18?,21-/m1/s1. The fourth-order valence-corrected chi connectivity index (χ4v) is 4.46. The summed E-state index contributed by atoms with van der Waals surface area (Å²) in [5.41, 5.74) is 1.71. The Kier molecular flexibility index (Phi) is 9.41. The summed E-state index contributed by atoms with van der Waals surface area (Å²) in [4.78, 5) is 16.7. The van der Waals surface area contributed by atoms with Crippen LogP contribution < -0.4 is 10.1 Å². The number of ether oxygens (including phenoxy) is 1. The lowest BCUT2D eigenvalue weighted by atomic mass is 9.73. The van der Waals surface area contributed by atoms with E-state index in [2.05, 4.69) is 23.8 Å². The second-order valence-electron chi connectivity index (χ2n) is 8.14. The third-order valence-corrected chi connectivity index (χ3v) is 6.08. The number of hydrogen-bond donors (Lipinski definition) is 1. The molecular weight excluding hydrogens is 398 g/mol. The highest BCUT2D eigenvalue weighted by Gasteiger charge is 2.31. The zero-order valence-corrected chi connectivity index (χ0v) is 19.0. The molecule has 31 heavy (non-hydrogen) atoms. The van der Waals surface area contributed by atoms with Crippen molar-refractivity contribution < 1.29 is 18.3 Å². The molecule has 1 aliphatic carbocycles. The van der Waals surface area contributed by atoms with Crippen LogP contribution in [0.1, 0.15) is 63.2 Å². The summed E-state index contributed by atoms with van der Waals surface area (Å²) >= 11 is 0. The summed E-state index contributed by atoms with van der Waals surface area (Å²) < 4.78 is 32.4. The molecule has 1 aromatic rings. The number of amides is 1. The lowest BCUT2D eigenvalue weighted by Gasteiger charge is -2.35. The van der Waals surface area contributed by atoms with Crippen molar-refractivity contribution in [2.45, 2.75) is 65.3 Å². The second-order valence-corrected chi connectivity index (χ2v) is 8.14. The number of methoxy groups -OCH3 is 1. The Morgan fingerprint density at radius 1 is 1.32 bits per heavy atom. The van der Waals surface area contributed by atoms with Crippen molar-refractivity contribution in [2.24, 2.45) is 11.8 Å². The van der Waals surface area contributed by atoms with Crippen molar-refractivity contribution in [3.63, 3.8) is 0 Å². The average molecular weight is 433 g/mol. The molecule has 0 radical (unpaired) electrons. The van der Waals surface area contributed by atoms with Gasteiger partial charge in [0.25, 0.3) is 12.3 Å². The number of aromatic nitrogens is 1. The number of rotatable bonds is 9. The van der Waals surface area contributed by atoms with Crippen LogP contribution in [-0.2, 0) is 0 Å². The van der Waals surface area contributed by atoms with E-state index >= 15 is 0 Å². The van der Waals surface area contributed by atoms with Crippen LogP contribution in [-0.4, -0.2) is 30.5 Å². The highest BCUT2D eigenvalue weighted by atomic mass is 19.3. The number of halogens is 2. The molecule has 1 amide bonds. The van der Waals surface area contributed by atoms with Crippen LogP contribution >= 0.6 is 0 Å². The molecule has 0 aromatic carbocycles. The van der Waals surface area contributed by atoms with Gasteiger partial charge in [0.2, 0.25) is 5.88 Å². The summed E-state index contributed by atoms with van der Waals surface area (Å²) in [6.07, 6.45) is 6.86. The van der Waals surface area contributed by atoms with Crippen LogP contribution in [0.2, 0.25) is 0 Å². The van der Waals surface area contributed by atoms with Gasteiger partial charge in [-0.25, -0.2) is 13.8 Å². The van der Waals surface area contributed by atoms with Gasteiger partial charge in [0.05, 0.1) is 12.7 Å². The molecular formula is C25H34F2N2O2. The van der Waals surface area contributed by atoms with E-state index < -0.39 is 6.43 Å². The number of nitrogens with zero attached hydrogens (tertiary/aromatic N) is 1. The highest BCUT2D eigenvalue weighted by Crippen LogP contribution is 2.39. The predicted octanol–water partition coefficient (Wildman–Crippen LogP) is 6.12. The van der Waals surface area contributed by atoms with Crippen molar-refractivity contribution in [1.29, 1.82) is 0 Å². The third-order valence-electron chi connectivity index (χ3n) is 6.08. The van der Waals surface area contributed by atoms with Gasteiger partial charge < -0.3 is 10.1 Å². The van der Waals surface area contributed by atoms with Gasteiger partial charge in [-0.05, 0) is 75.0 Å². The molecule has 1 saturated carbocycles. The van der Waals surface area contributed by atoms with Gasteiger partial charge in [-0.2, -0.15) is 0 Å². The first kappa shape index (κ1) is 24.8. The van der Waals surface area contributed by atoms with Crippen LogP contribution in [0, 0.1) is 11.8 Å². The molecule has 0 unspecified atom stereocenters. The van der Waals surface area contributed by atoms with Gasteiger partial charge in [-0.3, -0.25) is 4.79 Å². The quantitative estimate of drug-likeness (QED) is 0.478. The van der Waals surface area contributed by atoms with Gasteiger partial charge in [0.1, 0.15) is 0 Å². The van der Waals surface area contributed by atoms with Gasteiger partial charge in [0.15, 0.2) is 0 Å². The van der Waals surface area contributed by atoms with Crippen LogP contribution in [0.5, 0.6) is 5.88 Å². The molecule has 1 atom stereocenters.